The first-order valence-electron chi connectivity index (χ1n) is 13.7. The van der Waals surface area contributed by atoms with E-state index in [-0.39, 0.29) is 46.4 Å². The maximum Gasteiger partial charge on any atom is 0.416 e. The van der Waals surface area contributed by atoms with Gasteiger partial charge in [0.1, 0.15) is 23.1 Å². The summed E-state index contributed by atoms with van der Waals surface area (Å²) in [6.07, 6.45) is -3.96. The molecule has 42 heavy (non-hydrogen) atoms. The molecule has 3 atom stereocenters. The molecule has 0 aliphatic carbocycles. The number of rotatable bonds is 6. The number of fused-ring (bicyclic) bond motifs is 1. The van der Waals surface area contributed by atoms with E-state index in [9.17, 15) is 31.2 Å². The summed E-state index contributed by atoms with van der Waals surface area (Å²) in [6, 6.07) is 6.22. The van der Waals surface area contributed by atoms with Crippen LogP contribution >= 0.6 is 23.2 Å². The number of likely N-dealkylation sites (tertiary alicyclic amines) is 1. The molecule has 14 heteroatoms. The number of benzene rings is 2. The van der Waals surface area contributed by atoms with Gasteiger partial charge in [-0.15, -0.1) is 0 Å². The van der Waals surface area contributed by atoms with Crippen LogP contribution in [-0.4, -0.2) is 89.7 Å². The number of carbonyl (C=O) groups is 2. The molecule has 0 radical (unpaired) electrons. The van der Waals surface area contributed by atoms with Crippen LogP contribution < -0.4 is 0 Å². The lowest BCUT2D eigenvalue weighted by molar-refractivity contribution is -0.171. The minimum Gasteiger partial charge on any atom is -0.335 e. The number of piperazine rings is 1. The van der Waals surface area contributed by atoms with E-state index in [1.165, 1.54) is 44.4 Å². The number of amides is 2. The van der Waals surface area contributed by atoms with Gasteiger partial charge in [0.2, 0.25) is 21.8 Å². The van der Waals surface area contributed by atoms with Gasteiger partial charge >= 0.3 is 6.18 Å². The topological polar surface area (TPSA) is 81.2 Å². The number of halogens is 5. The minimum absolute atomic E-state index is 0.0666. The van der Waals surface area contributed by atoms with Crippen molar-refractivity contribution < 1.29 is 31.2 Å². The van der Waals surface area contributed by atoms with Crippen molar-refractivity contribution in [1.82, 2.24) is 19.0 Å². The summed E-state index contributed by atoms with van der Waals surface area (Å²) in [7, 11) is -4.29. The second-order valence-electron chi connectivity index (χ2n) is 11.1. The van der Waals surface area contributed by atoms with Gasteiger partial charge in [-0.2, -0.15) is 17.5 Å². The van der Waals surface area contributed by atoms with Crippen molar-refractivity contribution in [2.24, 2.45) is 0 Å². The Morgan fingerprint density at radius 3 is 2.17 bits per heavy atom. The summed E-state index contributed by atoms with van der Waals surface area (Å²) in [5, 5.41) is 0.188. The number of hydrogen-bond acceptors (Lipinski definition) is 5. The smallest absolute Gasteiger partial charge is 0.335 e. The lowest BCUT2D eigenvalue weighted by atomic mass is 9.95. The molecule has 3 aliphatic heterocycles. The van der Waals surface area contributed by atoms with Crippen LogP contribution in [-0.2, 0) is 32.2 Å². The van der Waals surface area contributed by atoms with E-state index in [0.717, 1.165) is 25.0 Å². The summed E-state index contributed by atoms with van der Waals surface area (Å²) >= 11 is 12.4. The molecule has 228 valence electrons. The van der Waals surface area contributed by atoms with Gasteiger partial charge in [-0.05, 0) is 75.7 Å². The highest BCUT2D eigenvalue weighted by Gasteiger charge is 2.55. The summed E-state index contributed by atoms with van der Waals surface area (Å²) in [6.45, 7) is 4.57. The van der Waals surface area contributed by atoms with Crippen LogP contribution in [0.1, 0.15) is 37.8 Å². The highest BCUT2D eigenvalue weighted by molar-refractivity contribution is 7.89. The van der Waals surface area contributed by atoms with Gasteiger partial charge < -0.3 is 9.80 Å². The molecule has 2 amide bonds. The standard InChI is InChI=1S/C28H31Cl2F3N4O4S/c1-17(2)35-16-25-36(42(40,41)24-10-9-20(29)14-21(24)30)15-23(34-11-3-4-12-34)27(39)37(25)22(26(35)38)13-18-5-7-19(8-6-18)28(31,32)33/h5-10,14,17,22-23,25H,3-4,11-13,15-16H2,1-2H3. The Hall–Kier alpha value is -2.38. The second kappa shape index (κ2) is 11.6. The summed E-state index contributed by atoms with van der Waals surface area (Å²) in [4.78, 5) is 32.7. The number of sulfonamides is 1. The van der Waals surface area contributed by atoms with Crippen molar-refractivity contribution in [3.05, 3.63) is 63.6 Å². The van der Waals surface area contributed by atoms with Gasteiger partial charge in [-0.25, -0.2) is 8.42 Å². The highest BCUT2D eigenvalue weighted by Crippen LogP contribution is 2.37. The number of carbonyl (C=O) groups excluding carboxylic acids is 2. The van der Waals surface area contributed by atoms with E-state index in [2.05, 4.69) is 0 Å². The molecule has 0 N–H and O–H groups in total. The zero-order valence-electron chi connectivity index (χ0n) is 23.0. The van der Waals surface area contributed by atoms with Crippen LogP contribution in [0.25, 0.3) is 0 Å². The summed E-state index contributed by atoms with van der Waals surface area (Å²) < 4.78 is 69.3. The zero-order chi connectivity index (χ0) is 30.6. The molecule has 8 nitrogen and oxygen atoms in total. The summed E-state index contributed by atoms with van der Waals surface area (Å²) in [5.41, 5.74) is -0.417. The van der Waals surface area contributed by atoms with E-state index in [0.29, 0.717) is 18.7 Å². The summed E-state index contributed by atoms with van der Waals surface area (Å²) in [5.74, 6) is -0.761. The minimum atomic E-state index is -4.53. The molecule has 2 aromatic carbocycles. The van der Waals surface area contributed by atoms with Gasteiger partial charge in [0.15, 0.2) is 0 Å². The normalized spacial score (nSPS) is 24.5. The van der Waals surface area contributed by atoms with E-state index in [1.54, 1.807) is 13.8 Å². The molecule has 3 unspecified atom stereocenters. The molecule has 3 aliphatic rings. The van der Waals surface area contributed by atoms with Crippen LogP contribution in [0, 0.1) is 0 Å². The predicted molar refractivity (Wildman–Crippen MR) is 151 cm³/mol. The van der Waals surface area contributed by atoms with Gasteiger partial charge in [0.05, 0.1) is 17.1 Å². The lowest BCUT2D eigenvalue weighted by Crippen LogP contribution is -2.76. The third-order valence-electron chi connectivity index (χ3n) is 8.21. The third kappa shape index (κ3) is 5.76. The van der Waals surface area contributed by atoms with E-state index in [1.807, 2.05) is 4.90 Å². The molecule has 3 saturated heterocycles. The van der Waals surface area contributed by atoms with Crippen LogP contribution in [0.3, 0.4) is 0 Å². The quantitative estimate of drug-likeness (QED) is 0.462. The van der Waals surface area contributed by atoms with Crippen LogP contribution in [0.4, 0.5) is 13.2 Å². The average molecular weight is 648 g/mol. The molecule has 3 heterocycles. The highest BCUT2D eigenvalue weighted by atomic mass is 35.5. The van der Waals surface area contributed by atoms with Crippen molar-refractivity contribution in [2.45, 2.75) is 68.5 Å². The molecule has 5 rings (SSSR count). The molecule has 0 bridgehead atoms. The van der Waals surface area contributed by atoms with Crippen LogP contribution in [0.15, 0.2) is 47.4 Å². The average Bonchev–Trinajstić information content (AvgIpc) is 3.44. The zero-order valence-corrected chi connectivity index (χ0v) is 25.3. The second-order valence-corrected chi connectivity index (χ2v) is 13.8. The third-order valence-corrected chi connectivity index (χ3v) is 10.8. The molecule has 2 aromatic rings. The number of nitrogens with zero attached hydrogens (tertiary/aromatic N) is 4. The molecular formula is C28H31Cl2F3N4O4S. The van der Waals surface area contributed by atoms with Crippen LogP contribution in [0.2, 0.25) is 10.0 Å². The Bertz CT molecular complexity index is 1470. The van der Waals surface area contributed by atoms with Crippen molar-refractivity contribution >= 4 is 45.0 Å². The van der Waals surface area contributed by atoms with E-state index in [4.69, 9.17) is 23.2 Å². The Balaban J connectivity index is 1.60. The largest absolute Gasteiger partial charge is 0.416 e. The fourth-order valence-corrected chi connectivity index (χ4v) is 8.37. The first kappa shape index (κ1) is 31.1. The van der Waals surface area contributed by atoms with Crippen molar-refractivity contribution in [3.63, 3.8) is 0 Å². The molecule has 0 spiro atoms. The fourth-order valence-electron chi connectivity index (χ4n) is 6.04. The molecule has 0 saturated carbocycles. The van der Waals surface area contributed by atoms with Gasteiger partial charge in [-0.3, -0.25) is 14.5 Å². The van der Waals surface area contributed by atoms with E-state index >= 15 is 0 Å². The Morgan fingerprint density at radius 2 is 1.60 bits per heavy atom. The maximum absolute atomic E-state index is 14.2. The molecule has 0 aromatic heterocycles. The Morgan fingerprint density at radius 1 is 0.952 bits per heavy atom. The molecular weight excluding hydrogens is 616 g/mol. The van der Waals surface area contributed by atoms with Crippen molar-refractivity contribution in [1.29, 1.82) is 0 Å². The first-order chi connectivity index (χ1) is 19.7. The van der Waals surface area contributed by atoms with Crippen molar-refractivity contribution in [2.75, 3.05) is 26.2 Å². The van der Waals surface area contributed by atoms with Gasteiger partial charge in [0.25, 0.3) is 0 Å². The Labute approximate surface area is 253 Å². The Kier molecular flexibility index (Phi) is 8.58. The maximum atomic E-state index is 14.2. The van der Waals surface area contributed by atoms with Gasteiger partial charge in [0, 0.05) is 24.0 Å². The first-order valence-corrected chi connectivity index (χ1v) is 15.9. The monoisotopic (exact) mass is 646 g/mol. The van der Waals surface area contributed by atoms with E-state index < -0.39 is 45.9 Å². The van der Waals surface area contributed by atoms with Gasteiger partial charge in [-0.1, -0.05) is 35.3 Å². The predicted octanol–water partition coefficient (Wildman–Crippen LogP) is 4.50. The van der Waals surface area contributed by atoms with Crippen LogP contribution in [0.5, 0.6) is 0 Å². The van der Waals surface area contributed by atoms with Crippen molar-refractivity contribution in [3.8, 4) is 0 Å². The number of alkyl halides is 3. The SMILES string of the molecule is CC(C)N1CC2N(C(=O)C(N3CCCC3)CN2S(=O)(=O)c2ccc(Cl)cc2Cl)C(Cc2ccc(C(F)(F)F)cc2)C1=O. The molecule has 3 fully saturated rings. The lowest BCUT2D eigenvalue weighted by Gasteiger charge is -2.55. The number of hydrogen-bond donors (Lipinski definition) is 0. The fraction of sp³-hybridized carbons (Fsp3) is 0.500.